The van der Waals surface area contributed by atoms with E-state index in [2.05, 4.69) is 0 Å². The molecule has 0 radical (unpaired) electrons. The maximum Gasteiger partial charge on any atom is 0.232 e. The molecule has 5 nitrogen and oxygen atoms in total. The fourth-order valence-corrected chi connectivity index (χ4v) is 5.09. The standard InChI is InChI=1S/C24H23NO4S/c1-14-20-22(27)21(26)15(2)25(13-17-7-5-6-8-19(17)29-4)24(20)30-23(14)16-9-11-18(28-3)12-10-16/h5-12,26H,13H2,1-4H3. The molecule has 0 unspecified atom stereocenters. The fraction of sp³-hybridized carbons (Fsp3) is 0.208. The van der Waals surface area contributed by atoms with Gasteiger partial charge in [-0.1, -0.05) is 18.2 Å². The molecule has 1 N–H and O–H groups in total. The molecule has 0 bridgehead atoms. The number of benzene rings is 2. The maximum absolute atomic E-state index is 12.9. The van der Waals surface area contributed by atoms with Gasteiger partial charge in [0.05, 0.1) is 31.8 Å². The second kappa shape index (κ2) is 7.88. The first-order valence-electron chi connectivity index (χ1n) is 9.58. The van der Waals surface area contributed by atoms with Gasteiger partial charge in [0.15, 0.2) is 5.75 Å². The molecule has 2 heterocycles. The van der Waals surface area contributed by atoms with Crippen molar-refractivity contribution in [1.82, 2.24) is 4.57 Å². The van der Waals surface area contributed by atoms with Gasteiger partial charge in [0.2, 0.25) is 5.43 Å². The minimum atomic E-state index is -0.327. The van der Waals surface area contributed by atoms with Crippen LogP contribution in [0.2, 0.25) is 0 Å². The minimum absolute atomic E-state index is 0.209. The highest BCUT2D eigenvalue weighted by atomic mass is 32.1. The third-order valence-corrected chi connectivity index (χ3v) is 6.80. The van der Waals surface area contributed by atoms with Crippen molar-refractivity contribution in [1.29, 1.82) is 0 Å². The van der Waals surface area contributed by atoms with Gasteiger partial charge in [0, 0.05) is 10.4 Å². The van der Waals surface area contributed by atoms with Crippen LogP contribution in [0, 0.1) is 13.8 Å². The Labute approximate surface area is 178 Å². The number of hydrogen-bond acceptors (Lipinski definition) is 5. The van der Waals surface area contributed by atoms with Crippen LogP contribution in [0.25, 0.3) is 20.7 Å². The lowest BCUT2D eigenvalue weighted by atomic mass is 10.1. The monoisotopic (exact) mass is 421 g/mol. The number of nitrogens with zero attached hydrogens (tertiary/aromatic N) is 1. The summed E-state index contributed by atoms with van der Waals surface area (Å²) in [4.78, 5) is 14.8. The van der Waals surface area contributed by atoms with Crippen LogP contribution in [0.1, 0.15) is 16.8 Å². The molecular weight excluding hydrogens is 398 g/mol. The molecule has 0 fully saturated rings. The molecule has 6 heteroatoms. The first-order valence-corrected chi connectivity index (χ1v) is 10.4. The minimum Gasteiger partial charge on any atom is -0.503 e. The first-order chi connectivity index (χ1) is 14.5. The molecule has 0 aliphatic carbocycles. The van der Waals surface area contributed by atoms with Gasteiger partial charge < -0.3 is 19.1 Å². The first kappa shape index (κ1) is 20.0. The number of ether oxygens (including phenoxy) is 2. The maximum atomic E-state index is 12.9. The van der Waals surface area contributed by atoms with Crippen LogP contribution in [0.3, 0.4) is 0 Å². The topological polar surface area (TPSA) is 60.7 Å². The van der Waals surface area contributed by atoms with Crippen molar-refractivity contribution >= 4 is 21.6 Å². The van der Waals surface area contributed by atoms with Gasteiger partial charge in [0.25, 0.3) is 0 Å². The average molecular weight is 422 g/mol. The Morgan fingerprint density at radius 2 is 1.70 bits per heavy atom. The van der Waals surface area contributed by atoms with Crippen LogP contribution in [0.4, 0.5) is 0 Å². The number of aromatic nitrogens is 1. The molecule has 0 atom stereocenters. The summed E-state index contributed by atoms with van der Waals surface area (Å²) in [5, 5.41) is 11.1. The van der Waals surface area contributed by atoms with Gasteiger partial charge in [-0.05, 0) is 55.3 Å². The molecule has 30 heavy (non-hydrogen) atoms. The van der Waals surface area contributed by atoms with Crippen molar-refractivity contribution in [3.05, 3.63) is 75.6 Å². The van der Waals surface area contributed by atoms with Crippen molar-refractivity contribution in [2.75, 3.05) is 14.2 Å². The zero-order valence-corrected chi connectivity index (χ0v) is 18.2. The molecule has 2 aromatic heterocycles. The summed E-state index contributed by atoms with van der Waals surface area (Å²) in [5.74, 6) is 1.34. The van der Waals surface area contributed by atoms with E-state index in [-0.39, 0.29) is 11.2 Å². The van der Waals surface area contributed by atoms with Crippen molar-refractivity contribution in [3.8, 4) is 27.7 Å². The van der Waals surface area contributed by atoms with Crippen LogP contribution in [0.15, 0.2) is 53.3 Å². The Bertz CT molecular complexity index is 1290. The predicted molar refractivity (Wildman–Crippen MR) is 121 cm³/mol. The van der Waals surface area contributed by atoms with E-state index < -0.39 is 0 Å². The molecule has 0 saturated heterocycles. The summed E-state index contributed by atoms with van der Waals surface area (Å²) in [6.07, 6.45) is 0. The third kappa shape index (κ3) is 3.23. The Morgan fingerprint density at radius 1 is 1.00 bits per heavy atom. The van der Waals surface area contributed by atoms with E-state index in [1.54, 1.807) is 32.5 Å². The van der Waals surface area contributed by atoms with E-state index in [0.717, 1.165) is 37.9 Å². The molecule has 0 saturated carbocycles. The Morgan fingerprint density at radius 3 is 2.37 bits per heavy atom. The average Bonchev–Trinajstić information content (AvgIpc) is 3.12. The Hall–Kier alpha value is -3.25. The highest BCUT2D eigenvalue weighted by Crippen LogP contribution is 2.39. The quantitative estimate of drug-likeness (QED) is 0.486. The van der Waals surface area contributed by atoms with Gasteiger partial charge in [-0.25, -0.2) is 0 Å². The van der Waals surface area contributed by atoms with E-state index in [1.807, 2.05) is 60.0 Å². The van der Waals surface area contributed by atoms with Crippen molar-refractivity contribution in [2.45, 2.75) is 20.4 Å². The third-order valence-electron chi connectivity index (χ3n) is 5.44. The molecule has 0 amide bonds. The second-order valence-electron chi connectivity index (χ2n) is 7.13. The predicted octanol–water partition coefficient (Wildman–Crippen LogP) is 5.12. The number of methoxy groups -OCH3 is 2. The lowest BCUT2D eigenvalue weighted by molar-refractivity contribution is 0.408. The van der Waals surface area contributed by atoms with Crippen LogP contribution < -0.4 is 14.9 Å². The molecule has 2 aromatic carbocycles. The Balaban J connectivity index is 1.95. The molecule has 4 aromatic rings. The molecular formula is C24H23NO4S. The second-order valence-corrected chi connectivity index (χ2v) is 8.13. The number of pyridine rings is 1. The number of aryl methyl sites for hydroxylation is 1. The highest BCUT2D eigenvalue weighted by Gasteiger charge is 2.21. The summed E-state index contributed by atoms with van der Waals surface area (Å²) in [6.45, 7) is 4.19. The summed E-state index contributed by atoms with van der Waals surface area (Å²) < 4.78 is 12.7. The lowest BCUT2D eigenvalue weighted by Gasteiger charge is -2.15. The molecule has 154 valence electrons. The lowest BCUT2D eigenvalue weighted by Crippen LogP contribution is -2.13. The largest absolute Gasteiger partial charge is 0.503 e. The normalized spacial score (nSPS) is 11.1. The fourth-order valence-electron chi connectivity index (χ4n) is 3.73. The van der Waals surface area contributed by atoms with E-state index in [1.165, 1.54) is 0 Å². The number of thiophene rings is 1. The SMILES string of the molecule is COc1ccc(-c2sc3c(c2C)c(=O)c(O)c(C)n3Cc2ccccc2OC)cc1. The van der Waals surface area contributed by atoms with Gasteiger partial charge in [0.1, 0.15) is 16.3 Å². The summed E-state index contributed by atoms with van der Waals surface area (Å²) in [6, 6.07) is 15.6. The highest BCUT2D eigenvalue weighted by molar-refractivity contribution is 7.22. The van der Waals surface area contributed by atoms with Gasteiger partial charge in [-0.3, -0.25) is 4.79 Å². The Kier molecular flexibility index (Phi) is 5.26. The summed E-state index contributed by atoms with van der Waals surface area (Å²) in [7, 11) is 3.27. The van der Waals surface area contributed by atoms with E-state index in [0.29, 0.717) is 17.6 Å². The van der Waals surface area contributed by atoms with Crippen LogP contribution in [0.5, 0.6) is 17.2 Å². The number of rotatable bonds is 5. The molecule has 4 rings (SSSR count). The van der Waals surface area contributed by atoms with E-state index >= 15 is 0 Å². The number of fused-ring (bicyclic) bond motifs is 1. The van der Waals surface area contributed by atoms with Crippen molar-refractivity contribution in [2.24, 2.45) is 0 Å². The van der Waals surface area contributed by atoms with E-state index in [4.69, 9.17) is 9.47 Å². The van der Waals surface area contributed by atoms with Gasteiger partial charge in [-0.15, -0.1) is 11.3 Å². The van der Waals surface area contributed by atoms with Gasteiger partial charge in [-0.2, -0.15) is 0 Å². The van der Waals surface area contributed by atoms with E-state index in [9.17, 15) is 9.90 Å². The van der Waals surface area contributed by atoms with Crippen molar-refractivity contribution < 1.29 is 14.6 Å². The van der Waals surface area contributed by atoms with Gasteiger partial charge >= 0.3 is 0 Å². The summed E-state index contributed by atoms with van der Waals surface area (Å²) in [5.41, 5.74) is 3.07. The zero-order chi connectivity index (χ0) is 21.4. The van der Waals surface area contributed by atoms with Crippen LogP contribution in [-0.2, 0) is 6.54 Å². The molecule has 0 spiro atoms. The molecule has 0 aliphatic heterocycles. The molecule has 0 aliphatic rings. The van der Waals surface area contributed by atoms with Crippen LogP contribution >= 0.6 is 11.3 Å². The van der Waals surface area contributed by atoms with Crippen molar-refractivity contribution in [3.63, 3.8) is 0 Å². The number of aromatic hydroxyl groups is 1. The summed E-state index contributed by atoms with van der Waals surface area (Å²) >= 11 is 1.56. The van der Waals surface area contributed by atoms with Crippen LogP contribution in [-0.4, -0.2) is 23.9 Å². The smallest absolute Gasteiger partial charge is 0.232 e. The zero-order valence-electron chi connectivity index (χ0n) is 17.4. The number of para-hydroxylation sites is 1. The number of hydrogen-bond donors (Lipinski definition) is 1.